The summed E-state index contributed by atoms with van der Waals surface area (Å²) >= 11 is 4.32. The summed E-state index contributed by atoms with van der Waals surface area (Å²) in [6.07, 6.45) is 8.23. The summed E-state index contributed by atoms with van der Waals surface area (Å²) in [5, 5.41) is 7.75. The van der Waals surface area contributed by atoms with Crippen LogP contribution in [0.2, 0.25) is 0 Å². The Kier molecular flexibility index (Phi) is 8.47. The molecule has 2 aromatic rings. The van der Waals surface area contributed by atoms with Crippen LogP contribution in [0, 0.1) is 12.8 Å². The fraction of sp³-hybridized carbons (Fsp3) is 0.500. The van der Waals surface area contributed by atoms with E-state index in [-0.39, 0.29) is 5.54 Å². The number of hydrogen-bond acceptors (Lipinski definition) is 7. The minimum atomic E-state index is 0.00161. The van der Waals surface area contributed by atoms with Crippen LogP contribution in [0.15, 0.2) is 46.6 Å². The molecule has 3 N–H and O–H groups in total. The molecule has 8 heteroatoms. The van der Waals surface area contributed by atoms with Gasteiger partial charge in [-0.2, -0.15) is 5.10 Å². The van der Waals surface area contributed by atoms with Crippen LogP contribution in [0.1, 0.15) is 57.7 Å². The highest BCUT2D eigenvalue weighted by Crippen LogP contribution is 2.40. The van der Waals surface area contributed by atoms with Crippen molar-refractivity contribution in [1.29, 1.82) is 0 Å². The number of anilines is 1. The van der Waals surface area contributed by atoms with Gasteiger partial charge in [0.2, 0.25) is 0 Å². The third-order valence-corrected chi connectivity index (χ3v) is 6.90. The molecular formula is C26H39N7S. The maximum absolute atomic E-state index is 5.72. The smallest absolute Gasteiger partial charge is 0.155 e. The van der Waals surface area contributed by atoms with Gasteiger partial charge in [-0.05, 0) is 71.1 Å². The van der Waals surface area contributed by atoms with Gasteiger partial charge in [0.15, 0.2) is 5.82 Å². The summed E-state index contributed by atoms with van der Waals surface area (Å²) in [5.41, 5.74) is 9.28. The molecule has 0 saturated carbocycles. The van der Waals surface area contributed by atoms with Crippen LogP contribution >= 0.6 is 12.6 Å². The fourth-order valence-corrected chi connectivity index (χ4v) is 4.61. The van der Waals surface area contributed by atoms with Crippen molar-refractivity contribution in [2.45, 2.75) is 58.9 Å². The number of allylic oxidation sites excluding steroid dienone is 2. The number of nitrogens with zero attached hydrogens (tertiary/aromatic N) is 5. The van der Waals surface area contributed by atoms with E-state index in [9.17, 15) is 0 Å². The van der Waals surface area contributed by atoms with Crippen molar-refractivity contribution in [3.8, 4) is 5.82 Å². The summed E-state index contributed by atoms with van der Waals surface area (Å²) in [6.45, 7) is 14.4. The first-order valence-electron chi connectivity index (χ1n) is 12.0. The van der Waals surface area contributed by atoms with E-state index in [1.54, 1.807) is 6.21 Å². The lowest BCUT2D eigenvalue weighted by atomic mass is 9.93. The van der Waals surface area contributed by atoms with E-state index in [2.05, 4.69) is 59.4 Å². The molecule has 3 heterocycles. The molecule has 1 saturated heterocycles. The molecule has 1 fully saturated rings. The molecule has 1 atom stereocenters. The van der Waals surface area contributed by atoms with Gasteiger partial charge >= 0.3 is 0 Å². The monoisotopic (exact) mass is 481 g/mol. The van der Waals surface area contributed by atoms with Gasteiger partial charge in [0.05, 0.1) is 5.69 Å². The van der Waals surface area contributed by atoms with Crippen LogP contribution in [0.3, 0.4) is 0 Å². The Labute approximate surface area is 209 Å². The molecule has 2 aromatic heterocycles. The molecule has 1 unspecified atom stereocenters. The first kappa shape index (κ1) is 25.9. The zero-order valence-electron chi connectivity index (χ0n) is 21.2. The van der Waals surface area contributed by atoms with E-state index in [4.69, 9.17) is 10.7 Å². The summed E-state index contributed by atoms with van der Waals surface area (Å²) < 4.78 is 1.84. The van der Waals surface area contributed by atoms with Crippen LogP contribution in [0.25, 0.3) is 11.5 Å². The Bertz CT molecular complexity index is 1060. The SMILES string of the molecule is C=C(NC)c1ccc(-n2ccc(C)n2)nc1N1CC(CCCCN=CC(S)=C(C)N)CC1(C)C. The summed E-state index contributed by atoms with van der Waals surface area (Å²) in [6, 6.07) is 6.10. The fourth-order valence-electron chi connectivity index (χ4n) is 4.53. The van der Waals surface area contributed by atoms with Gasteiger partial charge in [-0.1, -0.05) is 13.0 Å². The molecule has 0 amide bonds. The van der Waals surface area contributed by atoms with Gasteiger partial charge in [0, 0.05) is 60.0 Å². The molecule has 0 radical (unpaired) electrons. The maximum Gasteiger partial charge on any atom is 0.155 e. The van der Waals surface area contributed by atoms with Crippen molar-refractivity contribution < 1.29 is 0 Å². The Morgan fingerprint density at radius 2 is 2.12 bits per heavy atom. The topological polar surface area (TPSA) is 84.4 Å². The van der Waals surface area contributed by atoms with E-state index in [1.165, 1.54) is 6.42 Å². The second-order valence-electron chi connectivity index (χ2n) is 9.76. The normalized spacial score (nSPS) is 18.4. The van der Waals surface area contributed by atoms with E-state index < -0.39 is 0 Å². The first-order chi connectivity index (χ1) is 16.1. The van der Waals surface area contributed by atoms with Crippen LogP contribution < -0.4 is 16.0 Å². The van der Waals surface area contributed by atoms with Crippen molar-refractivity contribution in [2.75, 3.05) is 25.0 Å². The largest absolute Gasteiger partial charge is 0.401 e. The van der Waals surface area contributed by atoms with E-state index in [0.29, 0.717) is 11.6 Å². The Balaban J connectivity index is 1.73. The number of nitrogens with two attached hydrogens (primary N) is 1. The molecule has 1 aliphatic heterocycles. The minimum Gasteiger partial charge on any atom is -0.401 e. The number of nitrogens with one attached hydrogen (secondary N) is 1. The molecule has 184 valence electrons. The zero-order chi connectivity index (χ0) is 24.9. The molecule has 3 rings (SSSR count). The van der Waals surface area contributed by atoms with Gasteiger partial charge in [-0.3, -0.25) is 4.99 Å². The van der Waals surface area contributed by atoms with Crippen LogP contribution in [-0.4, -0.2) is 46.7 Å². The Hall–Kier alpha value is -2.74. The van der Waals surface area contributed by atoms with Crippen LogP contribution in [-0.2, 0) is 0 Å². The van der Waals surface area contributed by atoms with Crippen molar-refractivity contribution in [3.05, 3.63) is 52.8 Å². The highest BCUT2D eigenvalue weighted by molar-refractivity contribution is 7.85. The number of hydrogen-bond donors (Lipinski definition) is 3. The number of unbranched alkanes of at least 4 members (excludes halogenated alkanes) is 1. The molecule has 0 aliphatic carbocycles. The lowest BCUT2D eigenvalue weighted by Gasteiger charge is -2.34. The highest BCUT2D eigenvalue weighted by Gasteiger charge is 2.40. The summed E-state index contributed by atoms with van der Waals surface area (Å²) in [5.74, 6) is 2.39. The molecule has 0 aromatic carbocycles. The molecular weight excluding hydrogens is 442 g/mol. The minimum absolute atomic E-state index is 0.00161. The number of rotatable bonds is 10. The average Bonchev–Trinajstić information content (AvgIpc) is 3.36. The predicted molar refractivity (Wildman–Crippen MR) is 147 cm³/mol. The zero-order valence-corrected chi connectivity index (χ0v) is 22.1. The van der Waals surface area contributed by atoms with E-state index in [0.717, 1.165) is 65.8 Å². The van der Waals surface area contributed by atoms with Gasteiger partial charge in [0.1, 0.15) is 5.82 Å². The number of pyridine rings is 1. The highest BCUT2D eigenvalue weighted by atomic mass is 32.1. The number of aromatic nitrogens is 3. The second-order valence-corrected chi connectivity index (χ2v) is 10.2. The van der Waals surface area contributed by atoms with Gasteiger partial charge in [-0.15, -0.1) is 12.6 Å². The predicted octanol–water partition coefficient (Wildman–Crippen LogP) is 4.73. The summed E-state index contributed by atoms with van der Waals surface area (Å²) in [7, 11) is 1.90. The summed E-state index contributed by atoms with van der Waals surface area (Å²) in [4.78, 5) is 12.7. The van der Waals surface area contributed by atoms with Gasteiger partial charge < -0.3 is 16.0 Å². The second kappa shape index (κ2) is 11.1. The van der Waals surface area contributed by atoms with Crippen molar-refractivity contribution >= 4 is 30.4 Å². The van der Waals surface area contributed by atoms with Crippen LogP contribution in [0.5, 0.6) is 0 Å². The number of aliphatic imine (C=N–C) groups is 1. The number of aryl methyl sites for hydroxylation is 1. The van der Waals surface area contributed by atoms with Crippen molar-refractivity contribution in [2.24, 2.45) is 16.6 Å². The van der Waals surface area contributed by atoms with Crippen LogP contribution in [0.4, 0.5) is 5.82 Å². The van der Waals surface area contributed by atoms with E-state index in [1.807, 2.05) is 43.9 Å². The third kappa shape index (κ3) is 6.23. The van der Waals surface area contributed by atoms with Crippen molar-refractivity contribution in [1.82, 2.24) is 20.1 Å². The van der Waals surface area contributed by atoms with Crippen molar-refractivity contribution in [3.63, 3.8) is 0 Å². The van der Waals surface area contributed by atoms with E-state index >= 15 is 0 Å². The Morgan fingerprint density at radius 3 is 2.76 bits per heavy atom. The average molecular weight is 482 g/mol. The standard InChI is InChI=1S/C26H39N7S/c1-18-12-14-33(31-18)24-11-10-22(20(3)28-6)25(30-24)32-17-21(15-26(32,4)5)9-7-8-13-29-16-23(34)19(2)27/h10-12,14,16,21,28,34H,3,7-9,13,15,17,27H2,1-2,4-6H3. The lowest BCUT2D eigenvalue weighted by Crippen LogP contribution is -2.39. The Morgan fingerprint density at radius 1 is 1.35 bits per heavy atom. The molecule has 0 spiro atoms. The quantitative estimate of drug-likeness (QED) is 0.259. The molecule has 7 nitrogen and oxygen atoms in total. The molecule has 1 aliphatic rings. The first-order valence-corrected chi connectivity index (χ1v) is 12.4. The third-order valence-electron chi connectivity index (χ3n) is 6.43. The number of thiol groups is 1. The lowest BCUT2D eigenvalue weighted by molar-refractivity contribution is 0.441. The molecule has 0 bridgehead atoms. The maximum atomic E-state index is 5.72. The van der Waals surface area contributed by atoms with Gasteiger partial charge in [0.25, 0.3) is 0 Å². The molecule has 34 heavy (non-hydrogen) atoms. The van der Waals surface area contributed by atoms with Gasteiger partial charge in [-0.25, -0.2) is 9.67 Å².